The molecule has 0 amide bonds. The van der Waals surface area contributed by atoms with Crippen molar-refractivity contribution >= 4 is 17.3 Å². The van der Waals surface area contributed by atoms with Crippen molar-refractivity contribution in [2.45, 2.75) is 6.42 Å². The highest BCUT2D eigenvalue weighted by Crippen LogP contribution is 2.26. The Morgan fingerprint density at radius 2 is 1.84 bits per heavy atom. The van der Waals surface area contributed by atoms with Crippen LogP contribution in [0.15, 0.2) is 60.9 Å². The van der Waals surface area contributed by atoms with E-state index in [1.54, 1.807) is 7.11 Å². The lowest BCUT2D eigenvalue weighted by atomic mass is 10.0. The number of hydrogen-bond donors (Lipinski definition) is 1. The van der Waals surface area contributed by atoms with Crippen molar-refractivity contribution in [1.82, 2.24) is 9.97 Å². The van der Waals surface area contributed by atoms with Crippen LogP contribution in [0.4, 0.5) is 17.3 Å². The van der Waals surface area contributed by atoms with Crippen LogP contribution in [-0.2, 0) is 6.42 Å². The van der Waals surface area contributed by atoms with Gasteiger partial charge in [-0.1, -0.05) is 30.3 Å². The number of nitrogens with zero attached hydrogens (tertiary/aromatic N) is 3. The second kappa shape index (κ2) is 7.39. The average Bonchev–Trinajstić information content (AvgIpc) is 2.63. The van der Waals surface area contributed by atoms with Crippen LogP contribution in [0.5, 0.6) is 5.75 Å². The van der Waals surface area contributed by atoms with E-state index >= 15 is 0 Å². The van der Waals surface area contributed by atoms with E-state index in [9.17, 15) is 10.1 Å². The van der Waals surface area contributed by atoms with Crippen LogP contribution in [0.1, 0.15) is 11.1 Å². The van der Waals surface area contributed by atoms with Gasteiger partial charge in [-0.05, 0) is 23.8 Å². The molecule has 0 spiro atoms. The van der Waals surface area contributed by atoms with Gasteiger partial charge in [0.1, 0.15) is 18.1 Å². The first kappa shape index (κ1) is 16.4. The van der Waals surface area contributed by atoms with Crippen LogP contribution < -0.4 is 10.1 Å². The second-order valence-corrected chi connectivity index (χ2v) is 5.34. The van der Waals surface area contributed by atoms with E-state index < -0.39 is 4.92 Å². The number of hydrogen-bond acceptors (Lipinski definition) is 6. The molecule has 0 aliphatic rings. The van der Waals surface area contributed by atoms with Gasteiger partial charge in [0.2, 0.25) is 5.95 Å². The summed E-state index contributed by atoms with van der Waals surface area (Å²) < 4.78 is 5.43. The van der Waals surface area contributed by atoms with Crippen LogP contribution in [0.2, 0.25) is 0 Å². The maximum Gasteiger partial charge on any atom is 0.305 e. The maximum absolute atomic E-state index is 10.7. The minimum absolute atomic E-state index is 0.148. The molecule has 7 nitrogen and oxygen atoms in total. The summed E-state index contributed by atoms with van der Waals surface area (Å²) in [6, 6.07) is 15.7. The Balaban J connectivity index is 1.82. The van der Waals surface area contributed by atoms with Crippen LogP contribution in [0.3, 0.4) is 0 Å². The summed E-state index contributed by atoms with van der Waals surface area (Å²) in [7, 11) is 1.64. The fraction of sp³-hybridized carbons (Fsp3) is 0.111. The second-order valence-electron chi connectivity index (χ2n) is 5.34. The SMILES string of the molecule is COc1ccc(Nc2ncc([N+](=O)[O-])cn2)cc1Cc1ccccc1. The van der Waals surface area contributed by atoms with Crippen LogP contribution in [-0.4, -0.2) is 22.0 Å². The molecule has 1 heterocycles. The van der Waals surface area contributed by atoms with Gasteiger partial charge < -0.3 is 10.1 Å². The molecule has 25 heavy (non-hydrogen) atoms. The molecule has 2 aromatic carbocycles. The van der Waals surface area contributed by atoms with Crippen molar-refractivity contribution in [2.75, 3.05) is 12.4 Å². The summed E-state index contributed by atoms with van der Waals surface area (Å²) in [5.41, 5.74) is 2.82. The van der Waals surface area contributed by atoms with Crippen molar-refractivity contribution in [3.8, 4) is 5.75 Å². The molecule has 3 rings (SSSR count). The van der Waals surface area contributed by atoms with Gasteiger partial charge in [0, 0.05) is 17.7 Å². The topological polar surface area (TPSA) is 90.2 Å². The summed E-state index contributed by atoms with van der Waals surface area (Å²) >= 11 is 0. The highest BCUT2D eigenvalue weighted by Gasteiger charge is 2.09. The third kappa shape index (κ3) is 4.08. The van der Waals surface area contributed by atoms with Crippen molar-refractivity contribution in [3.05, 3.63) is 82.2 Å². The van der Waals surface area contributed by atoms with Crippen LogP contribution in [0.25, 0.3) is 0 Å². The number of rotatable bonds is 6. The fourth-order valence-corrected chi connectivity index (χ4v) is 2.42. The molecule has 1 aromatic heterocycles. The number of nitrogens with one attached hydrogen (secondary N) is 1. The third-order valence-electron chi connectivity index (χ3n) is 3.62. The third-order valence-corrected chi connectivity index (χ3v) is 3.62. The predicted octanol–water partition coefficient (Wildman–Crippen LogP) is 3.73. The highest BCUT2D eigenvalue weighted by molar-refractivity contribution is 5.58. The minimum atomic E-state index is -0.533. The van der Waals surface area contributed by atoms with Gasteiger partial charge in [-0.2, -0.15) is 0 Å². The van der Waals surface area contributed by atoms with Gasteiger partial charge in [0.05, 0.1) is 12.0 Å². The van der Waals surface area contributed by atoms with Gasteiger partial charge in [-0.15, -0.1) is 0 Å². The van der Waals surface area contributed by atoms with E-state index in [1.807, 2.05) is 36.4 Å². The molecule has 0 saturated carbocycles. The summed E-state index contributed by atoms with van der Waals surface area (Å²) in [4.78, 5) is 18.0. The Morgan fingerprint density at radius 3 is 2.48 bits per heavy atom. The Morgan fingerprint density at radius 1 is 1.12 bits per heavy atom. The van der Waals surface area contributed by atoms with E-state index in [0.29, 0.717) is 5.95 Å². The van der Waals surface area contributed by atoms with E-state index in [2.05, 4.69) is 27.4 Å². The first-order valence-corrected chi connectivity index (χ1v) is 7.60. The van der Waals surface area contributed by atoms with Crippen molar-refractivity contribution in [1.29, 1.82) is 0 Å². The Hall–Kier alpha value is -3.48. The zero-order valence-electron chi connectivity index (χ0n) is 13.5. The van der Waals surface area contributed by atoms with E-state index in [1.165, 1.54) is 18.0 Å². The van der Waals surface area contributed by atoms with Crippen LogP contribution >= 0.6 is 0 Å². The lowest BCUT2D eigenvalue weighted by molar-refractivity contribution is -0.385. The van der Waals surface area contributed by atoms with Gasteiger partial charge >= 0.3 is 5.69 Å². The maximum atomic E-state index is 10.7. The molecule has 0 aliphatic heterocycles. The fourth-order valence-electron chi connectivity index (χ4n) is 2.42. The lowest BCUT2D eigenvalue weighted by Crippen LogP contribution is -2.00. The molecule has 0 radical (unpaired) electrons. The van der Waals surface area contributed by atoms with Crippen molar-refractivity contribution in [3.63, 3.8) is 0 Å². The quantitative estimate of drug-likeness (QED) is 0.545. The predicted molar refractivity (Wildman–Crippen MR) is 94.2 cm³/mol. The molecule has 0 fully saturated rings. The molecule has 126 valence electrons. The standard InChI is InChI=1S/C18H16N4O3/c1-25-17-8-7-15(10-14(17)9-13-5-3-2-4-6-13)21-18-19-11-16(12-20-18)22(23)24/h2-8,10-12H,9H2,1H3,(H,19,20,21). The summed E-state index contributed by atoms with van der Waals surface area (Å²) in [5.74, 6) is 1.08. The van der Waals surface area contributed by atoms with E-state index in [4.69, 9.17) is 4.74 Å². The van der Waals surface area contributed by atoms with Crippen LogP contribution in [0, 0.1) is 10.1 Å². The minimum Gasteiger partial charge on any atom is -0.496 e. The van der Waals surface area contributed by atoms with E-state index in [-0.39, 0.29) is 5.69 Å². The van der Waals surface area contributed by atoms with Gasteiger partial charge in [0.15, 0.2) is 0 Å². The summed E-state index contributed by atoms with van der Waals surface area (Å²) in [6.45, 7) is 0. The zero-order valence-corrected chi connectivity index (χ0v) is 13.5. The van der Waals surface area contributed by atoms with Crippen molar-refractivity contribution < 1.29 is 9.66 Å². The average molecular weight is 336 g/mol. The first-order valence-electron chi connectivity index (χ1n) is 7.60. The Labute approximate surface area is 144 Å². The zero-order chi connectivity index (χ0) is 17.6. The Bertz CT molecular complexity index is 867. The summed E-state index contributed by atoms with van der Waals surface area (Å²) in [6.07, 6.45) is 3.06. The first-order chi connectivity index (χ1) is 12.2. The number of methoxy groups -OCH3 is 1. The lowest BCUT2D eigenvalue weighted by Gasteiger charge is -2.12. The molecular weight excluding hydrogens is 320 g/mol. The van der Waals surface area contributed by atoms with Gasteiger partial charge in [-0.3, -0.25) is 10.1 Å². The largest absolute Gasteiger partial charge is 0.496 e. The smallest absolute Gasteiger partial charge is 0.305 e. The number of ether oxygens (including phenoxy) is 1. The molecule has 0 bridgehead atoms. The molecule has 0 atom stereocenters. The Kier molecular flexibility index (Phi) is 4.84. The molecule has 0 aliphatic carbocycles. The summed E-state index contributed by atoms with van der Waals surface area (Å²) in [5, 5.41) is 13.7. The van der Waals surface area contributed by atoms with Gasteiger partial charge in [-0.25, -0.2) is 9.97 Å². The van der Waals surface area contributed by atoms with E-state index in [0.717, 1.165) is 23.4 Å². The molecule has 1 N–H and O–H groups in total. The molecule has 0 saturated heterocycles. The molecular formula is C18H16N4O3. The van der Waals surface area contributed by atoms with Crippen molar-refractivity contribution in [2.24, 2.45) is 0 Å². The molecule has 7 heteroatoms. The monoisotopic (exact) mass is 336 g/mol. The number of aromatic nitrogens is 2. The number of nitro groups is 1. The highest BCUT2D eigenvalue weighted by atomic mass is 16.6. The molecule has 0 unspecified atom stereocenters. The number of anilines is 2. The van der Waals surface area contributed by atoms with Gasteiger partial charge in [0.25, 0.3) is 0 Å². The normalized spacial score (nSPS) is 10.3. The molecule has 3 aromatic rings. The number of benzene rings is 2.